The predicted molar refractivity (Wildman–Crippen MR) is 72.8 cm³/mol. The van der Waals surface area contributed by atoms with Crippen LogP contribution >= 0.6 is 0 Å². The SMILES string of the molecule is c1cc(C[CH2][Ge]23[O]CCN(CC[O]2)CC[O]3)ccn1. The van der Waals surface area contributed by atoms with Gasteiger partial charge in [0.15, 0.2) is 0 Å². The Kier molecular flexibility index (Phi) is 4.50. The van der Waals surface area contributed by atoms with E-state index in [1.807, 2.05) is 24.5 Å². The van der Waals surface area contributed by atoms with Crippen molar-refractivity contribution in [3.05, 3.63) is 30.1 Å². The quantitative estimate of drug-likeness (QED) is 0.774. The first-order chi connectivity index (χ1) is 9.36. The molecule has 0 atom stereocenters. The molecule has 19 heavy (non-hydrogen) atoms. The second-order valence-electron chi connectivity index (χ2n) is 4.93. The molecule has 0 aliphatic carbocycles. The average molecular weight is 325 g/mol. The van der Waals surface area contributed by atoms with Crippen LogP contribution in [0.25, 0.3) is 0 Å². The van der Waals surface area contributed by atoms with E-state index in [0.29, 0.717) is 0 Å². The summed E-state index contributed by atoms with van der Waals surface area (Å²) in [5, 5.41) is 0.907. The minimum atomic E-state index is -3.02. The van der Waals surface area contributed by atoms with Crippen molar-refractivity contribution in [1.82, 2.24) is 9.88 Å². The van der Waals surface area contributed by atoms with E-state index in [-0.39, 0.29) is 0 Å². The normalized spacial score (nSPS) is 31.5. The Hall–Kier alpha value is -0.467. The second-order valence-corrected chi connectivity index (χ2v) is 10.7. The van der Waals surface area contributed by atoms with Gasteiger partial charge in [-0.15, -0.1) is 0 Å². The van der Waals surface area contributed by atoms with Crippen molar-refractivity contribution >= 4 is 14.3 Å². The van der Waals surface area contributed by atoms with Gasteiger partial charge in [0.05, 0.1) is 0 Å². The Balaban J connectivity index is 1.65. The second kappa shape index (κ2) is 6.32. The van der Waals surface area contributed by atoms with Crippen LogP contribution in [-0.2, 0) is 17.7 Å². The van der Waals surface area contributed by atoms with Crippen LogP contribution in [0, 0.1) is 0 Å². The van der Waals surface area contributed by atoms with E-state index in [9.17, 15) is 0 Å². The molecule has 6 heteroatoms. The Morgan fingerprint density at radius 1 is 1.00 bits per heavy atom. The van der Waals surface area contributed by atoms with Crippen LogP contribution < -0.4 is 0 Å². The van der Waals surface area contributed by atoms with Crippen LogP contribution in [0.1, 0.15) is 5.56 Å². The molecular formula is C13H20GeN2O3. The van der Waals surface area contributed by atoms with E-state index in [4.69, 9.17) is 11.3 Å². The van der Waals surface area contributed by atoms with Crippen LogP contribution in [0.5, 0.6) is 0 Å². The van der Waals surface area contributed by atoms with Crippen LogP contribution in [0.4, 0.5) is 0 Å². The molecule has 104 valence electrons. The molecule has 4 heterocycles. The van der Waals surface area contributed by atoms with E-state index in [1.165, 1.54) is 5.56 Å². The van der Waals surface area contributed by atoms with E-state index < -0.39 is 14.3 Å². The summed E-state index contributed by atoms with van der Waals surface area (Å²) in [6.45, 7) is 5.27. The summed E-state index contributed by atoms with van der Waals surface area (Å²) in [6, 6.07) is 4.10. The number of aromatic nitrogens is 1. The van der Waals surface area contributed by atoms with Gasteiger partial charge in [0.25, 0.3) is 0 Å². The molecular weight excluding hydrogens is 305 g/mol. The molecule has 4 rings (SSSR count). The van der Waals surface area contributed by atoms with Gasteiger partial charge in [0.1, 0.15) is 0 Å². The van der Waals surface area contributed by atoms with Gasteiger partial charge in [-0.05, 0) is 0 Å². The summed E-state index contributed by atoms with van der Waals surface area (Å²) < 4.78 is 18.1. The van der Waals surface area contributed by atoms with Gasteiger partial charge in [-0.3, -0.25) is 0 Å². The summed E-state index contributed by atoms with van der Waals surface area (Å²) in [7, 11) is 0. The average Bonchev–Trinajstić information content (AvgIpc) is 2.37. The number of aryl methyl sites for hydroxylation is 1. The summed E-state index contributed by atoms with van der Waals surface area (Å²) >= 11 is -3.02. The first-order valence-electron chi connectivity index (χ1n) is 6.89. The molecule has 0 radical (unpaired) electrons. The standard InChI is InChI=1S/C13H20GeN2O3/c1(13-2-5-15-6-3-13)4-14-17-10-7-16(8-11-18-14)9-12-19-14/h2-3,5-6H,1,4,7-12H2. The maximum atomic E-state index is 6.05. The molecule has 0 spiro atoms. The van der Waals surface area contributed by atoms with Crippen molar-refractivity contribution in [2.75, 3.05) is 39.5 Å². The minimum absolute atomic E-state index is 0.746. The van der Waals surface area contributed by atoms with Crippen molar-refractivity contribution < 1.29 is 11.3 Å². The maximum absolute atomic E-state index is 6.05. The molecule has 0 aromatic carbocycles. The first kappa shape index (κ1) is 13.5. The molecule has 3 fully saturated rings. The Bertz CT molecular complexity index is 378. The zero-order valence-corrected chi connectivity index (χ0v) is 13.2. The zero-order chi connectivity index (χ0) is 13.0. The van der Waals surface area contributed by atoms with Crippen molar-refractivity contribution in [2.45, 2.75) is 11.7 Å². The van der Waals surface area contributed by atoms with Gasteiger partial charge >= 0.3 is 117 Å². The number of hydrogen-bond donors (Lipinski definition) is 0. The summed E-state index contributed by atoms with van der Waals surface area (Å²) in [5.74, 6) is 0. The molecule has 3 saturated heterocycles. The van der Waals surface area contributed by atoms with Crippen molar-refractivity contribution in [1.29, 1.82) is 0 Å². The molecule has 0 amide bonds. The third kappa shape index (κ3) is 3.55. The topological polar surface area (TPSA) is 43.8 Å². The molecule has 0 N–H and O–H groups in total. The molecule has 5 nitrogen and oxygen atoms in total. The van der Waals surface area contributed by atoms with Gasteiger partial charge in [-0.2, -0.15) is 0 Å². The van der Waals surface area contributed by atoms with Gasteiger partial charge < -0.3 is 0 Å². The van der Waals surface area contributed by atoms with Gasteiger partial charge in [0.2, 0.25) is 0 Å². The molecule has 0 saturated carbocycles. The number of hydrogen-bond acceptors (Lipinski definition) is 5. The molecule has 1 aromatic heterocycles. The fourth-order valence-electron chi connectivity index (χ4n) is 2.51. The molecule has 3 aliphatic heterocycles. The zero-order valence-electron chi connectivity index (χ0n) is 11.1. The molecule has 0 unspecified atom stereocenters. The molecule has 1 aromatic rings. The van der Waals surface area contributed by atoms with Crippen LogP contribution in [0.2, 0.25) is 5.25 Å². The third-order valence-corrected chi connectivity index (χ3v) is 9.52. The third-order valence-electron chi connectivity index (χ3n) is 3.66. The fraction of sp³-hybridized carbons (Fsp3) is 0.615. The van der Waals surface area contributed by atoms with Gasteiger partial charge in [0, 0.05) is 0 Å². The number of pyridine rings is 1. The van der Waals surface area contributed by atoms with Gasteiger partial charge in [-0.1, -0.05) is 0 Å². The van der Waals surface area contributed by atoms with E-state index >= 15 is 0 Å². The van der Waals surface area contributed by atoms with Crippen molar-refractivity contribution in [3.8, 4) is 0 Å². The monoisotopic (exact) mass is 326 g/mol. The van der Waals surface area contributed by atoms with E-state index in [2.05, 4.69) is 9.88 Å². The fourth-order valence-corrected chi connectivity index (χ4v) is 7.73. The number of fused-ring (bicyclic) bond motifs is 6. The Labute approximate surface area is 117 Å². The first-order valence-corrected chi connectivity index (χ1v) is 10.9. The van der Waals surface area contributed by atoms with E-state index in [0.717, 1.165) is 51.1 Å². The van der Waals surface area contributed by atoms with E-state index in [1.54, 1.807) is 0 Å². The number of nitrogens with zero attached hydrogens (tertiary/aromatic N) is 2. The van der Waals surface area contributed by atoms with Crippen LogP contribution in [0.15, 0.2) is 24.5 Å². The van der Waals surface area contributed by atoms with Crippen molar-refractivity contribution in [3.63, 3.8) is 0 Å². The van der Waals surface area contributed by atoms with Crippen LogP contribution in [-0.4, -0.2) is 63.6 Å². The van der Waals surface area contributed by atoms with Gasteiger partial charge in [-0.25, -0.2) is 0 Å². The molecule has 3 aliphatic rings. The summed E-state index contributed by atoms with van der Waals surface area (Å²) in [6.07, 6.45) is 4.61. The summed E-state index contributed by atoms with van der Waals surface area (Å²) in [4.78, 5) is 6.39. The van der Waals surface area contributed by atoms with Crippen LogP contribution in [0.3, 0.4) is 0 Å². The number of rotatable bonds is 3. The Morgan fingerprint density at radius 3 is 2.16 bits per heavy atom. The summed E-state index contributed by atoms with van der Waals surface area (Å²) in [5.41, 5.74) is 1.27. The Morgan fingerprint density at radius 2 is 1.58 bits per heavy atom. The molecule has 2 bridgehead atoms. The predicted octanol–water partition coefficient (Wildman–Crippen LogP) is 0.942. The van der Waals surface area contributed by atoms with Crippen molar-refractivity contribution in [2.24, 2.45) is 0 Å².